The van der Waals surface area contributed by atoms with Crippen molar-refractivity contribution in [2.75, 3.05) is 0 Å². The van der Waals surface area contributed by atoms with Crippen molar-refractivity contribution in [2.45, 2.75) is 6.92 Å². The number of rotatable bonds is 1. The molecule has 0 radical (unpaired) electrons. The van der Waals surface area contributed by atoms with Crippen molar-refractivity contribution in [3.8, 4) is 22.6 Å². The molecule has 0 unspecified atom stereocenters. The number of benzene rings is 1. The molecule has 2 aliphatic rings. The molecule has 0 bridgehead atoms. The van der Waals surface area contributed by atoms with Crippen LogP contribution in [0.3, 0.4) is 0 Å². The maximum atomic E-state index is 12.3. The van der Waals surface area contributed by atoms with Crippen LogP contribution in [-0.2, 0) is 0 Å². The van der Waals surface area contributed by atoms with E-state index in [0.29, 0.717) is 11.4 Å². The van der Waals surface area contributed by atoms with Crippen LogP contribution >= 0.6 is 11.3 Å². The molecule has 3 nitrogen and oxygen atoms in total. The van der Waals surface area contributed by atoms with Gasteiger partial charge in [-0.2, -0.15) is 0 Å². The molecule has 4 rings (SSSR count). The van der Waals surface area contributed by atoms with Crippen molar-refractivity contribution >= 4 is 21.4 Å². The second-order valence-electron chi connectivity index (χ2n) is 5.05. The number of hydrogen-bond donors (Lipinski definition) is 1. The van der Waals surface area contributed by atoms with Gasteiger partial charge >= 0.3 is 0 Å². The van der Waals surface area contributed by atoms with Crippen LogP contribution in [0.2, 0.25) is 0 Å². The van der Waals surface area contributed by atoms with Crippen LogP contribution in [0.25, 0.3) is 32.7 Å². The molecule has 2 aliphatic heterocycles. The first-order valence-corrected chi connectivity index (χ1v) is 7.57. The van der Waals surface area contributed by atoms with Gasteiger partial charge in [0.25, 0.3) is 0 Å². The minimum absolute atomic E-state index is 0.00142. The smallest absolute Gasteiger partial charge is 0.191 e. The Morgan fingerprint density at radius 2 is 1.95 bits per heavy atom. The largest absolute Gasteiger partial charge is 0.343 e. The van der Waals surface area contributed by atoms with E-state index in [9.17, 15) is 4.79 Å². The Morgan fingerprint density at radius 1 is 1.10 bits per heavy atom. The molecule has 1 aromatic heterocycles. The van der Waals surface area contributed by atoms with Gasteiger partial charge in [0.2, 0.25) is 0 Å². The molecule has 1 N–H and O–H groups in total. The van der Waals surface area contributed by atoms with E-state index < -0.39 is 0 Å². The highest BCUT2D eigenvalue weighted by Crippen LogP contribution is 2.33. The zero-order valence-corrected chi connectivity index (χ0v) is 12.2. The highest BCUT2D eigenvalue weighted by atomic mass is 32.1. The Bertz CT molecular complexity index is 983. The van der Waals surface area contributed by atoms with Crippen molar-refractivity contribution in [1.29, 1.82) is 0 Å². The van der Waals surface area contributed by atoms with Crippen molar-refractivity contribution in [2.24, 2.45) is 0 Å². The highest BCUT2D eigenvalue weighted by molar-refractivity contribution is 7.17. The van der Waals surface area contributed by atoms with Crippen molar-refractivity contribution in [1.82, 2.24) is 9.97 Å². The Labute approximate surface area is 125 Å². The summed E-state index contributed by atoms with van der Waals surface area (Å²) in [5, 5.41) is 3.20. The SMILES string of the molecule is Cc1ccc2c(=O)cc(-c3csc4ccccc34)nc-2[nH]1. The first kappa shape index (κ1) is 12.3. The summed E-state index contributed by atoms with van der Waals surface area (Å²) in [6, 6.07) is 13.5. The molecule has 4 heteroatoms. The fourth-order valence-electron chi connectivity index (χ4n) is 2.54. The molecule has 0 aliphatic carbocycles. The number of nitrogens with zero attached hydrogens (tertiary/aromatic N) is 1. The van der Waals surface area contributed by atoms with Gasteiger partial charge in [0.15, 0.2) is 5.43 Å². The third-order valence-electron chi connectivity index (χ3n) is 3.59. The third kappa shape index (κ3) is 1.96. The number of thiophene rings is 1. The summed E-state index contributed by atoms with van der Waals surface area (Å²) in [6.07, 6.45) is 0. The molecule has 0 fully saturated rings. The lowest BCUT2D eigenvalue weighted by Gasteiger charge is -2.07. The van der Waals surface area contributed by atoms with E-state index >= 15 is 0 Å². The van der Waals surface area contributed by atoms with E-state index in [0.717, 1.165) is 22.3 Å². The second kappa shape index (κ2) is 4.53. The molecule has 0 amide bonds. The van der Waals surface area contributed by atoms with E-state index in [1.54, 1.807) is 17.4 Å². The normalized spacial score (nSPS) is 11.3. The quantitative estimate of drug-likeness (QED) is 0.575. The summed E-state index contributed by atoms with van der Waals surface area (Å²) in [7, 11) is 0. The zero-order chi connectivity index (χ0) is 14.4. The maximum absolute atomic E-state index is 12.3. The van der Waals surface area contributed by atoms with Crippen molar-refractivity contribution in [3.63, 3.8) is 0 Å². The lowest BCUT2D eigenvalue weighted by molar-refractivity contribution is 1.12. The molecule has 2 aromatic rings. The number of nitrogens with one attached hydrogen (secondary N) is 1. The standard InChI is InChI=1S/C17H12N2OS/c1-10-6-7-12-15(20)8-14(19-17(12)18-10)13-9-21-16-5-3-2-4-11(13)16/h2-9H,1H3,(H,18,19,20). The van der Waals surface area contributed by atoms with E-state index in [1.807, 2.05) is 31.2 Å². The van der Waals surface area contributed by atoms with Gasteiger partial charge in [-0.1, -0.05) is 18.2 Å². The molecule has 0 atom stereocenters. The number of pyridine rings is 2. The Hall–Kier alpha value is -2.46. The van der Waals surface area contributed by atoms with Crippen LogP contribution in [0.4, 0.5) is 0 Å². The van der Waals surface area contributed by atoms with Gasteiger partial charge in [-0.15, -0.1) is 11.3 Å². The molecular formula is C17H12N2OS. The van der Waals surface area contributed by atoms with Crippen molar-refractivity contribution < 1.29 is 0 Å². The summed E-state index contributed by atoms with van der Waals surface area (Å²) in [5.74, 6) is 0.646. The molecule has 3 heterocycles. The Morgan fingerprint density at radius 3 is 2.86 bits per heavy atom. The van der Waals surface area contributed by atoms with Gasteiger partial charge in [0.05, 0.1) is 11.3 Å². The molecule has 0 saturated heterocycles. The van der Waals surface area contributed by atoms with Crippen LogP contribution in [-0.4, -0.2) is 9.97 Å². The second-order valence-corrected chi connectivity index (χ2v) is 5.97. The van der Waals surface area contributed by atoms with Gasteiger partial charge in [0.1, 0.15) is 5.82 Å². The molecular weight excluding hydrogens is 280 g/mol. The van der Waals surface area contributed by atoms with E-state index in [1.165, 1.54) is 4.70 Å². The van der Waals surface area contributed by atoms with E-state index in [-0.39, 0.29) is 5.43 Å². The van der Waals surface area contributed by atoms with Crippen LogP contribution in [0.1, 0.15) is 5.69 Å². The minimum atomic E-state index is 0.00142. The van der Waals surface area contributed by atoms with Crippen molar-refractivity contribution in [3.05, 3.63) is 63.8 Å². The summed E-state index contributed by atoms with van der Waals surface area (Å²) in [4.78, 5) is 20.1. The fourth-order valence-corrected chi connectivity index (χ4v) is 3.49. The summed E-state index contributed by atoms with van der Waals surface area (Å²) in [6.45, 7) is 1.96. The molecule has 0 saturated carbocycles. The average molecular weight is 292 g/mol. The first-order valence-electron chi connectivity index (χ1n) is 6.70. The van der Waals surface area contributed by atoms with Gasteiger partial charge in [-0.05, 0) is 25.1 Å². The first-order chi connectivity index (χ1) is 10.2. The predicted molar refractivity (Wildman–Crippen MR) is 87.0 cm³/mol. The number of fused-ring (bicyclic) bond motifs is 2. The van der Waals surface area contributed by atoms with Gasteiger partial charge < -0.3 is 4.98 Å². The molecule has 102 valence electrons. The van der Waals surface area contributed by atoms with Gasteiger partial charge in [-0.25, -0.2) is 4.98 Å². The number of aromatic amines is 1. The fraction of sp³-hybridized carbons (Fsp3) is 0.0588. The van der Waals surface area contributed by atoms with Crippen LogP contribution in [0.5, 0.6) is 0 Å². The minimum Gasteiger partial charge on any atom is -0.343 e. The number of H-pyrrole nitrogens is 1. The maximum Gasteiger partial charge on any atom is 0.191 e. The van der Waals surface area contributed by atoms with Crippen LogP contribution in [0.15, 0.2) is 52.6 Å². The summed E-state index contributed by atoms with van der Waals surface area (Å²) < 4.78 is 1.20. The Kier molecular flexibility index (Phi) is 2.65. The van der Waals surface area contributed by atoms with E-state index in [4.69, 9.17) is 0 Å². The monoisotopic (exact) mass is 292 g/mol. The van der Waals surface area contributed by atoms with Crippen LogP contribution in [0, 0.1) is 6.92 Å². The Balaban J connectivity index is 2.03. The number of hydrogen-bond acceptors (Lipinski definition) is 3. The van der Waals surface area contributed by atoms with Gasteiger partial charge in [0, 0.05) is 32.8 Å². The van der Waals surface area contributed by atoms with Gasteiger partial charge in [-0.3, -0.25) is 4.79 Å². The molecule has 21 heavy (non-hydrogen) atoms. The molecule has 0 spiro atoms. The predicted octanol–water partition coefficient (Wildman–Crippen LogP) is 4.06. The lowest BCUT2D eigenvalue weighted by Crippen LogP contribution is -2.09. The summed E-state index contributed by atoms with van der Waals surface area (Å²) in [5.41, 5.74) is 3.36. The lowest BCUT2D eigenvalue weighted by atomic mass is 10.1. The average Bonchev–Trinajstić information content (AvgIpc) is 2.90. The third-order valence-corrected chi connectivity index (χ3v) is 4.56. The number of aryl methyl sites for hydroxylation is 1. The van der Waals surface area contributed by atoms with Crippen LogP contribution < -0.4 is 5.43 Å². The zero-order valence-electron chi connectivity index (χ0n) is 11.4. The highest BCUT2D eigenvalue weighted by Gasteiger charge is 2.14. The summed E-state index contributed by atoms with van der Waals surface area (Å²) >= 11 is 1.67. The topological polar surface area (TPSA) is 45.8 Å². The van der Waals surface area contributed by atoms with E-state index in [2.05, 4.69) is 27.5 Å². The molecule has 1 aromatic carbocycles. The number of aromatic nitrogens is 2.